The van der Waals surface area contributed by atoms with Crippen LogP contribution in [-0.4, -0.2) is 9.94 Å². The molecule has 0 aliphatic heterocycles. The van der Waals surface area contributed by atoms with E-state index in [1.165, 1.54) is 0 Å². The van der Waals surface area contributed by atoms with Gasteiger partial charge in [-0.05, 0) is 11.5 Å². The largest absolute Gasteiger partial charge is 0.428 e. The number of aromatic nitrogens is 1. The Balaban J connectivity index is 2.93. The molecule has 0 amide bonds. The predicted octanol–water partition coefficient (Wildman–Crippen LogP) is 2.61. The van der Waals surface area contributed by atoms with Crippen LogP contribution in [0.2, 0.25) is 0 Å². The topological polar surface area (TPSA) is 25.2 Å². The minimum Gasteiger partial charge on any atom is -0.428 e. The van der Waals surface area contributed by atoms with Gasteiger partial charge in [0.2, 0.25) is 0 Å². The third-order valence-corrected chi connectivity index (χ3v) is 2.07. The maximum absolute atomic E-state index is 9.23. The van der Waals surface area contributed by atoms with E-state index >= 15 is 0 Å². The molecule has 1 heterocycles. The standard InChI is InChI=1S/C9H7NOS/c11-10-6-8-4-2-1-3-7(8)5-9(10)12/h1-6,11H. The molecular weight excluding hydrogens is 170 g/mol. The molecule has 2 rings (SSSR count). The molecule has 0 fully saturated rings. The summed E-state index contributed by atoms with van der Waals surface area (Å²) in [6.07, 6.45) is 1.61. The third kappa shape index (κ3) is 1.08. The molecule has 2 nitrogen and oxygen atoms in total. The second-order valence-electron chi connectivity index (χ2n) is 2.59. The molecule has 0 saturated carbocycles. The predicted molar refractivity (Wildman–Crippen MR) is 50.0 cm³/mol. The molecule has 60 valence electrons. The van der Waals surface area contributed by atoms with E-state index in [0.29, 0.717) is 4.64 Å². The molecule has 0 saturated heterocycles. The van der Waals surface area contributed by atoms with Crippen LogP contribution in [0.15, 0.2) is 36.5 Å². The second-order valence-corrected chi connectivity index (χ2v) is 3.00. The number of nitrogens with zero attached hydrogens (tertiary/aromatic N) is 1. The Hall–Kier alpha value is -1.35. The first-order valence-electron chi connectivity index (χ1n) is 3.58. The molecule has 2 aromatic rings. The van der Waals surface area contributed by atoms with Gasteiger partial charge < -0.3 is 5.21 Å². The quantitative estimate of drug-likeness (QED) is 0.494. The van der Waals surface area contributed by atoms with Gasteiger partial charge in [-0.1, -0.05) is 36.5 Å². The SMILES string of the molecule is On1cc2ccccc2cc1=S. The van der Waals surface area contributed by atoms with Crippen LogP contribution in [-0.2, 0) is 0 Å². The maximum atomic E-state index is 9.23. The van der Waals surface area contributed by atoms with Gasteiger partial charge in [0.25, 0.3) is 0 Å². The van der Waals surface area contributed by atoms with Crippen molar-refractivity contribution < 1.29 is 5.21 Å². The van der Waals surface area contributed by atoms with Crippen molar-refractivity contribution in [2.45, 2.75) is 0 Å². The van der Waals surface area contributed by atoms with Crippen LogP contribution < -0.4 is 0 Å². The number of benzene rings is 1. The van der Waals surface area contributed by atoms with Gasteiger partial charge in [0, 0.05) is 5.39 Å². The molecule has 3 heteroatoms. The summed E-state index contributed by atoms with van der Waals surface area (Å²) in [7, 11) is 0. The van der Waals surface area contributed by atoms with Crippen molar-refractivity contribution >= 4 is 23.0 Å². The first-order chi connectivity index (χ1) is 5.77. The highest BCUT2D eigenvalue weighted by molar-refractivity contribution is 7.71. The van der Waals surface area contributed by atoms with Crippen LogP contribution in [0.3, 0.4) is 0 Å². The van der Waals surface area contributed by atoms with Crippen LogP contribution in [0, 0.1) is 4.64 Å². The monoisotopic (exact) mass is 177 g/mol. The minimum absolute atomic E-state index is 0.425. The van der Waals surface area contributed by atoms with E-state index in [2.05, 4.69) is 0 Å². The molecule has 0 unspecified atom stereocenters. The average molecular weight is 177 g/mol. The van der Waals surface area contributed by atoms with Crippen molar-refractivity contribution in [3.05, 3.63) is 41.2 Å². The van der Waals surface area contributed by atoms with Crippen LogP contribution in [0.25, 0.3) is 10.8 Å². The van der Waals surface area contributed by atoms with Crippen molar-refractivity contribution in [3.8, 4) is 0 Å². The third-order valence-electron chi connectivity index (χ3n) is 1.76. The molecule has 1 N–H and O–H groups in total. The zero-order chi connectivity index (χ0) is 8.55. The van der Waals surface area contributed by atoms with Gasteiger partial charge in [-0.25, -0.2) is 0 Å². The normalized spacial score (nSPS) is 10.3. The Kier molecular flexibility index (Phi) is 1.59. The Morgan fingerprint density at radius 3 is 2.58 bits per heavy atom. The van der Waals surface area contributed by atoms with Gasteiger partial charge in [-0.2, -0.15) is 4.73 Å². The summed E-state index contributed by atoms with van der Waals surface area (Å²) in [5, 5.41) is 11.3. The second kappa shape index (κ2) is 2.60. The molecule has 1 aromatic carbocycles. The van der Waals surface area contributed by atoms with Crippen molar-refractivity contribution in [1.82, 2.24) is 4.73 Å². The first-order valence-corrected chi connectivity index (χ1v) is 3.99. The molecule has 0 radical (unpaired) electrons. The highest BCUT2D eigenvalue weighted by atomic mass is 32.1. The fraction of sp³-hybridized carbons (Fsp3) is 0. The van der Waals surface area contributed by atoms with Gasteiger partial charge in [0.05, 0.1) is 6.20 Å². The summed E-state index contributed by atoms with van der Waals surface area (Å²) < 4.78 is 1.38. The summed E-state index contributed by atoms with van der Waals surface area (Å²) >= 11 is 4.89. The molecule has 12 heavy (non-hydrogen) atoms. The summed E-state index contributed by atoms with van der Waals surface area (Å²) in [5.74, 6) is 0. The van der Waals surface area contributed by atoms with Crippen LogP contribution in [0.4, 0.5) is 0 Å². The molecule has 0 aliphatic rings. The molecule has 0 bridgehead atoms. The van der Waals surface area contributed by atoms with Crippen molar-refractivity contribution in [2.24, 2.45) is 0 Å². The molecule has 0 aliphatic carbocycles. The Morgan fingerprint density at radius 2 is 1.83 bits per heavy atom. The van der Waals surface area contributed by atoms with Crippen molar-refractivity contribution in [1.29, 1.82) is 0 Å². The molecule has 0 spiro atoms. The van der Waals surface area contributed by atoms with E-state index in [1.807, 2.05) is 24.3 Å². The van der Waals surface area contributed by atoms with Gasteiger partial charge in [-0.3, -0.25) is 0 Å². The zero-order valence-corrected chi connectivity index (χ0v) is 7.08. The number of fused-ring (bicyclic) bond motifs is 1. The van der Waals surface area contributed by atoms with Gasteiger partial charge >= 0.3 is 0 Å². The fourth-order valence-electron chi connectivity index (χ4n) is 1.15. The first kappa shape index (κ1) is 7.31. The van der Waals surface area contributed by atoms with Crippen LogP contribution >= 0.6 is 12.2 Å². The lowest BCUT2D eigenvalue weighted by molar-refractivity contribution is 0.182. The van der Waals surface area contributed by atoms with E-state index in [0.717, 1.165) is 15.5 Å². The van der Waals surface area contributed by atoms with Gasteiger partial charge in [0.1, 0.15) is 4.64 Å². The van der Waals surface area contributed by atoms with E-state index in [-0.39, 0.29) is 0 Å². The van der Waals surface area contributed by atoms with E-state index < -0.39 is 0 Å². The lowest BCUT2D eigenvalue weighted by atomic mass is 10.2. The number of hydrogen-bond donors (Lipinski definition) is 1. The summed E-state index contributed by atoms with van der Waals surface area (Å²) in [4.78, 5) is 0. The zero-order valence-electron chi connectivity index (χ0n) is 6.27. The van der Waals surface area contributed by atoms with E-state index in [1.54, 1.807) is 12.3 Å². The fourth-order valence-corrected chi connectivity index (χ4v) is 1.33. The minimum atomic E-state index is 0.425. The van der Waals surface area contributed by atoms with E-state index in [9.17, 15) is 5.21 Å². The van der Waals surface area contributed by atoms with Crippen LogP contribution in [0.1, 0.15) is 0 Å². The number of hydrogen-bond acceptors (Lipinski definition) is 2. The molecule has 0 atom stereocenters. The lowest BCUT2D eigenvalue weighted by Gasteiger charge is -1.99. The van der Waals surface area contributed by atoms with Gasteiger partial charge in [0.15, 0.2) is 0 Å². The summed E-state index contributed by atoms with van der Waals surface area (Å²) in [6, 6.07) is 9.52. The Bertz CT molecular complexity index is 475. The maximum Gasteiger partial charge on any atom is 0.142 e. The number of pyridine rings is 1. The highest BCUT2D eigenvalue weighted by Gasteiger charge is 1.93. The Morgan fingerprint density at radius 1 is 1.17 bits per heavy atom. The molecular formula is C9H7NOS. The van der Waals surface area contributed by atoms with Crippen molar-refractivity contribution in [3.63, 3.8) is 0 Å². The lowest BCUT2D eigenvalue weighted by Crippen LogP contribution is -1.92. The molecule has 1 aromatic heterocycles. The smallest absolute Gasteiger partial charge is 0.142 e. The summed E-state index contributed by atoms with van der Waals surface area (Å²) in [5.41, 5.74) is 0. The average Bonchev–Trinajstić information content (AvgIpc) is 2.07. The van der Waals surface area contributed by atoms with E-state index in [4.69, 9.17) is 12.2 Å². The number of rotatable bonds is 0. The van der Waals surface area contributed by atoms with Crippen molar-refractivity contribution in [2.75, 3.05) is 0 Å². The summed E-state index contributed by atoms with van der Waals surface area (Å²) in [6.45, 7) is 0. The Labute approximate surface area is 74.6 Å². The highest BCUT2D eigenvalue weighted by Crippen LogP contribution is 2.12. The van der Waals surface area contributed by atoms with Crippen LogP contribution in [0.5, 0.6) is 0 Å². The van der Waals surface area contributed by atoms with Gasteiger partial charge in [-0.15, -0.1) is 0 Å².